The largest absolute Gasteiger partial charge is 0.391 e. The van der Waals surface area contributed by atoms with Gasteiger partial charge in [-0.05, 0) is 19.4 Å². The van der Waals surface area contributed by atoms with Crippen LogP contribution < -0.4 is 0 Å². The van der Waals surface area contributed by atoms with E-state index < -0.39 is 13.7 Å². The molecule has 0 aliphatic carbocycles. The summed E-state index contributed by atoms with van der Waals surface area (Å²) in [6, 6.07) is 9.39. The summed E-state index contributed by atoms with van der Waals surface area (Å²) < 4.78 is 22.5. The van der Waals surface area contributed by atoms with E-state index in [9.17, 15) is 14.9 Å². The van der Waals surface area contributed by atoms with E-state index in [2.05, 4.69) is 0 Å². The molecule has 0 amide bonds. The van der Waals surface area contributed by atoms with Crippen LogP contribution in [0.5, 0.6) is 0 Å². The van der Waals surface area contributed by atoms with Crippen molar-refractivity contribution in [1.82, 2.24) is 5.06 Å². The highest BCUT2D eigenvalue weighted by Crippen LogP contribution is 2.48. The third kappa shape index (κ3) is 7.18. The molecule has 0 aromatic heterocycles. The molecule has 2 N–H and O–H groups in total. The SMILES string of the molecule is CCOP(=O)(CC(O)CN(O)Cc1ccccc1)OCC. The van der Waals surface area contributed by atoms with Gasteiger partial charge in [-0.25, -0.2) is 0 Å². The molecule has 0 saturated carbocycles. The predicted molar refractivity (Wildman–Crippen MR) is 80.4 cm³/mol. The predicted octanol–water partition coefficient (Wildman–Crippen LogP) is 2.50. The molecule has 1 atom stereocenters. The monoisotopic (exact) mass is 317 g/mol. The first-order valence-electron chi connectivity index (χ1n) is 7.03. The van der Waals surface area contributed by atoms with Crippen molar-refractivity contribution in [3.05, 3.63) is 35.9 Å². The summed E-state index contributed by atoms with van der Waals surface area (Å²) >= 11 is 0. The van der Waals surface area contributed by atoms with E-state index >= 15 is 0 Å². The summed E-state index contributed by atoms with van der Waals surface area (Å²) in [5.74, 6) is 0. The minimum Gasteiger partial charge on any atom is -0.391 e. The average molecular weight is 317 g/mol. The number of aliphatic hydroxyl groups excluding tert-OH is 1. The molecule has 0 bridgehead atoms. The van der Waals surface area contributed by atoms with Gasteiger partial charge in [0.15, 0.2) is 0 Å². The van der Waals surface area contributed by atoms with E-state index in [1.165, 1.54) is 0 Å². The van der Waals surface area contributed by atoms with E-state index in [-0.39, 0.29) is 32.5 Å². The number of hydroxylamine groups is 2. The second-order valence-electron chi connectivity index (χ2n) is 4.62. The molecule has 1 aromatic rings. The Hall–Kier alpha value is -0.750. The highest BCUT2D eigenvalue weighted by atomic mass is 31.2. The Kier molecular flexibility index (Phi) is 8.11. The topological polar surface area (TPSA) is 79.2 Å². The molecule has 6 nitrogen and oxygen atoms in total. The van der Waals surface area contributed by atoms with Gasteiger partial charge >= 0.3 is 7.60 Å². The lowest BCUT2D eigenvalue weighted by molar-refractivity contribution is -0.118. The zero-order chi connectivity index (χ0) is 15.7. The first-order chi connectivity index (χ1) is 9.99. The van der Waals surface area contributed by atoms with Crippen molar-refractivity contribution in [3.63, 3.8) is 0 Å². The molecule has 1 rings (SSSR count). The number of hydrogen-bond acceptors (Lipinski definition) is 6. The van der Waals surface area contributed by atoms with Gasteiger partial charge in [-0.2, -0.15) is 5.06 Å². The quantitative estimate of drug-likeness (QED) is 0.510. The number of aliphatic hydroxyl groups is 1. The van der Waals surface area contributed by atoms with Crippen LogP contribution in [0.15, 0.2) is 30.3 Å². The van der Waals surface area contributed by atoms with Crippen LogP contribution in [0.3, 0.4) is 0 Å². The molecule has 0 fully saturated rings. The third-order valence-electron chi connectivity index (χ3n) is 2.72. The van der Waals surface area contributed by atoms with Crippen molar-refractivity contribution >= 4 is 7.60 Å². The zero-order valence-electron chi connectivity index (χ0n) is 12.5. The van der Waals surface area contributed by atoms with Crippen LogP contribution >= 0.6 is 7.60 Å². The Bertz CT molecular complexity index is 432. The molecule has 0 aliphatic heterocycles. The lowest BCUT2D eigenvalue weighted by Gasteiger charge is -2.23. The van der Waals surface area contributed by atoms with Gasteiger partial charge in [0.05, 0.1) is 32.0 Å². The summed E-state index contributed by atoms with van der Waals surface area (Å²) in [4.78, 5) is 0. The number of nitrogens with zero attached hydrogens (tertiary/aromatic N) is 1. The third-order valence-corrected chi connectivity index (χ3v) is 4.89. The van der Waals surface area contributed by atoms with Crippen molar-refractivity contribution in [2.75, 3.05) is 25.9 Å². The Morgan fingerprint density at radius 2 is 1.76 bits per heavy atom. The van der Waals surface area contributed by atoms with Crippen LogP contribution in [0.1, 0.15) is 19.4 Å². The van der Waals surface area contributed by atoms with Crippen molar-refractivity contribution in [3.8, 4) is 0 Å². The molecule has 1 aromatic carbocycles. The van der Waals surface area contributed by atoms with Gasteiger partial charge in [-0.15, -0.1) is 0 Å². The molecule has 21 heavy (non-hydrogen) atoms. The summed E-state index contributed by atoms with van der Waals surface area (Å²) in [5, 5.41) is 20.8. The molecule has 0 saturated heterocycles. The summed E-state index contributed by atoms with van der Waals surface area (Å²) in [7, 11) is -3.30. The van der Waals surface area contributed by atoms with Gasteiger partial charge in [0, 0.05) is 6.54 Å². The molecular formula is C14H24NO5P. The standard InChI is InChI=1S/C14H24NO5P/c1-3-19-21(18,20-4-2)12-14(16)11-15(17)10-13-8-6-5-7-9-13/h5-9,14,16-17H,3-4,10-12H2,1-2H3. The Balaban J connectivity index is 2.47. The van der Waals surface area contributed by atoms with Gasteiger partial charge < -0.3 is 19.4 Å². The van der Waals surface area contributed by atoms with E-state index in [0.717, 1.165) is 10.6 Å². The smallest absolute Gasteiger partial charge is 0.333 e. The van der Waals surface area contributed by atoms with E-state index in [4.69, 9.17) is 9.05 Å². The molecule has 0 aliphatic rings. The van der Waals surface area contributed by atoms with Crippen LogP contribution in [0.2, 0.25) is 0 Å². The van der Waals surface area contributed by atoms with Crippen LogP contribution in [0.4, 0.5) is 0 Å². The van der Waals surface area contributed by atoms with Crippen LogP contribution in [-0.2, 0) is 20.2 Å². The van der Waals surface area contributed by atoms with Crippen molar-refractivity contribution in [2.45, 2.75) is 26.5 Å². The highest BCUT2D eigenvalue weighted by Gasteiger charge is 2.28. The fraction of sp³-hybridized carbons (Fsp3) is 0.571. The maximum Gasteiger partial charge on any atom is 0.333 e. The molecule has 0 heterocycles. The van der Waals surface area contributed by atoms with Crippen molar-refractivity contribution < 1.29 is 23.9 Å². The lowest BCUT2D eigenvalue weighted by Crippen LogP contribution is -2.32. The fourth-order valence-corrected chi connectivity index (χ4v) is 3.66. The molecule has 0 radical (unpaired) electrons. The minimum absolute atomic E-state index is 0.0287. The van der Waals surface area contributed by atoms with Gasteiger partial charge in [-0.1, -0.05) is 30.3 Å². The maximum absolute atomic E-state index is 12.3. The van der Waals surface area contributed by atoms with Gasteiger partial charge in [0.1, 0.15) is 0 Å². The average Bonchev–Trinajstić information content (AvgIpc) is 2.39. The molecule has 0 spiro atoms. The molecule has 7 heteroatoms. The van der Waals surface area contributed by atoms with E-state index in [0.29, 0.717) is 0 Å². The second-order valence-corrected chi connectivity index (χ2v) is 6.72. The summed E-state index contributed by atoms with van der Waals surface area (Å²) in [6.45, 7) is 4.18. The number of benzene rings is 1. The first-order valence-corrected chi connectivity index (χ1v) is 8.75. The maximum atomic E-state index is 12.3. The first kappa shape index (κ1) is 18.3. The van der Waals surface area contributed by atoms with Crippen LogP contribution in [0, 0.1) is 0 Å². The van der Waals surface area contributed by atoms with Gasteiger partial charge in [0.2, 0.25) is 0 Å². The lowest BCUT2D eigenvalue weighted by atomic mass is 10.2. The second kappa shape index (κ2) is 9.30. The van der Waals surface area contributed by atoms with Crippen LogP contribution in [0.25, 0.3) is 0 Å². The summed E-state index contributed by atoms with van der Waals surface area (Å²) in [5.41, 5.74) is 0.921. The minimum atomic E-state index is -3.30. The molecule has 1 unspecified atom stereocenters. The molecule has 120 valence electrons. The van der Waals surface area contributed by atoms with Gasteiger partial charge in [-0.3, -0.25) is 4.57 Å². The number of hydrogen-bond donors (Lipinski definition) is 2. The summed E-state index contributed by atoms with van der Waals surface area (Å²) in [6.07, 6.45) is -1.14. The molecular weight excluding hydrogens is 293 g/mol. The van der Waals surface area contributed by atoms with Crippen molar-refractivity contribution in [1.29, 1.82) is 0 Å². The highest BCUT2D eigenvalue weighted by molar-refractivity contribution is 7.53. The zero-order valence-corrected chi connectivity index (χ0v) is 13.4. The normalized spacial score (nSPS) is 13.6. The Morgan fingerprint density at radius 3 is 2.29 bits per heavy atom. The Labute approximate surface area is 125 Å². The number of rotatable bonds is 10. The van der Waals surface area contributed by atoms with Crippen molar-refractivity contribution in [2.24, 2.45) is 0 Å². The van der Waals surface area contributed by atoms with Gasteiger partial charge in [0.25, 0.3) is 0 Å². The van der Waals surface area contributed by atoms with E-state index in [1.807, 2.05) is 30.3 Å². The van der Waals surface area contributed by atoms with E-state index in [1.54, 1.807) is 13.8 Å². The van der Waals surface area contributed by atoms with Crippen LogP contribution in [-0.4, -0.2) is 47.4 Å². The Morgan fingerprint density at radius 1 is 1.19 bits per heavy atom. The fourth-order valence-electron chi connectivity index (χ4n) is 1.95.